The van der Waals surface area contributed by atoms with Crippen molar-refractivity contribution in [3.63, 3.8) is 0 Å². The molecule has 0 aliphatic heterocycles. The third-order valence-corrected chi connectivity index (χ3v) is 2.80. The molecule has 1 heterocycles. The summed E-state index contributed by atoms with van der Waals surface area (Å²) < 4.78 is 29.9. The highest BCUT2D eigenvalue weighted by atomic mass is 79.9. The number of halogens is 3. The molecule has 4 nitrogen and oxygen atoms in total. The van der Waals surface area contributed by atoms with Crippen LogP contribution >= 0.6 is 15.9 Å². The van der Waals surface area contributed by atoms with E-state index in [-0.39, 0.29) is 27.8 Å². The first-order valence-corrected chi connectivity index (χ1v) is 5.06. The van der Waals surface area contributed by atoms with Crippen LogP contribution in [0, 0.1) is 0 Å². The zero-order valence-electron chi connectivity index (χ0n) is 8.34. The Labute approximate surface area is 98.9 Å². The number of alkyl halides is 2. The molecule has 7 heteroatoms. The Morgan fingerprint density at radius 3 is 2.75 bits per heavy atom. The van der Waals surface area contributed by atoms with Gasteiger partial charge in [-0.1, -0.05) is 0 Å². The lowest BCUT2D eigenvalue weighted by atomic mass is 10.1. The molecule has 0 saturated carbocycles. The van der Waals surface area contributed by atoms with Gasteiger partial charge < -0.3 is 10.5 Å². The zero-order valence-corrected chi connectivity index (χ0v) is 9.92. The highest BCUT2D eigenvalue weighted by Crippen LogP contribution is 2.32. The molecule has 1 aromatic rings. The van der Waals surface area contributed by atoms with Gasteiger partial charge in [0.2, 0.25) is 0 Å². The molecule has 0 atom stereocenters. The summed E-state index contributed by atoms with van der Waals surface area (Å²) in [6.45, 7) is -0.125. The fourth-order valence-corrected chi connectivity index (χ4v) is 1.84. The van der Waals surface area contributed by atoms with Gasteiger partial charge in [-0.3, -0.25) is 4.98 Å². The topological polar surface area (TPSA) is 65.2 Å². The predicted molar refractivity (Wildman–Crippen MR) is 56.1 cm³/mol. The third-order valence-electron chi connectivity index (χ3n) is 1.95. The van der Waals surface area contributed by atoms with Gasteiger partial charge in [0.05, 0.1) is 23.9 Å². The van der Waals surface area contributed by atoms with E-state index in [9.17, 15) is 13.6 Å². The summed E-state index contributed by atoms with van der Waals surface area (Å²) >= 11 is 2.94. The molecule has 88 valence electrons. The number of methoxy groups -OCH3 is 1. The molecular formula is C9H9BrF2N2O2. The van der Waals surface area contributed by atoms with Crippen LogP contribution in [-0.2, 0) is 11.3 Å². The largest absolute Gasteiger partial charge is 0.465 e. The van der Waals surface area contributed by atoms with Crippen molar-refractivity contribution in [2.75, 3.05) is 7.11 Å². The van der Waals surface area contributed by atoms with E-state index >= 15 is 0 Å². The van der Waals surface area contributed by atoms with Crippen LogP contribution in [0.2, 0.25) is 0 Å². The van der Waals surface area contributed by atoms with Gasteiger partial charge in [-0.25, -0.2) is 13.6 Å². The number of hydrogen-bond donors (Lipinski definition) is 1. The summed E-state index contributed by atoms with van der Waals surface area (Å²) in [6.07, 6.45) is -1.60. The minimum absolute atomic E-state index is 0.0233. The second-order valence-electron chi connectivity index (χ2n) is 2.84. The van der Waals surface area contributed by atoms with E-state index in [1.807, 2.05) is 0 Å². The normalized spacial score (nSPS) is 10.6. The van der Waals surface area contributed by atoms with Crippen molar-refractivity contribution in [2.45, 2.75) is 13.0 Å². The first-order valence-electron chi connectivity index (χ1n) is 4.26. The number of carbonyl (C=O) groups is 1. The smallest absolute Gasteiger partial charge is 0.340 e. The maximum Gasteiger partial charge on any atom is 0.340 e. The van der Waals surface area contributed by atoms with Crippen molar-refractivity contribution < 1.29 is 18.3 Å². The molecule has 1 rings (SSSR count). The Morgan fingerprint density at radius 2 is 2.31 bits per heavy atom. The highest BCUT2D eigenvalue weighted by molar-refractivity contribution is 9.10. The van der Waals surface area contributed by atoms with E-state index in [2.05, 4.69) is 25.7 Å². The fraction of sp³-hybridized carbons (Fsp3) is 0.333. The van der Waals surface area contributed by atoms with Crippen LogP contribution in [0.5, 0.6) is 0 Å². The van der Waals surface area contributed by atoms with Gasteiger partial charge in [0.1, 0.15) is 0 Å². The number of nitrogens with zero attached hydrogens (tertiary/aromatic N) is 1. The Balaban J connectivity index is 3.37. The summed E-state index contributed by atoms with van der Waals surface area (Å²) in [5.41, 5.74) is 4.92. The van der Waals surface area contributed by atoms with Crippen LogP contribution in [0.1, 0.15) is 28.0 Å². The zero-order chi connectivity index (χ0) is 12.3. The fourth-order valence-electron chi connectivity index (χ4n) is 1.18. The molecule has 0 aliphatic carbocycles. The number of ether oxygens (including phenoxy) is 1. The molecule has 0 aromatic carbocycles. The average molecular weight is 295 g/mol. The number of hydrogen-bond acceptors (Lipinski definition) is 4. The number of rotatable bonds is 3. The van der Waals surface area contributed by atoms with Crippen molar-refractivity contribution in [1.29, 1.82) is 0 Å². The van der Waals surface area contributed by atoms with Gasteiger partial charge in [0, 0.05) is 17.2 Å². The van der Waals surface area contributed by atoms with E-state index in [0.29, 0.717) is 0 Å². The third kappa shape index (κ3) is 2.35. The van der Waals surface area contributed by atoms with E-state index in [4.69, 9.17) is 5.73 Å². The quantitative estimate of drug-likeness (QED) is 0.866. The Bertz CT molecular complexity index is 413. The van der Waals surface area contributed by atoms with Crippen molar-refractivity contribution in [3.8, 4) is 0 Å². The van der Waals surface area contributed by atoms with Gasteiger partial charge >= 0.3 is 5.97 Å². The molecule has 0 amide bonds. The van der Waals surface area contributed by atoms with Crippen LogP contribution in [0.15, 0.2) is 10.7 Å². The summed E-state index contributed by atoms with van der Waals surface area (Å²) in [4.78, 5) is 15.0. The molecule has 2 N–H and O–H groups in total. The highest BCUT2D eigenvalue weighted by Gasteiger charge is 2.23. The average Bonchev–Trinajstić information content (AvgIpc) is 2.26. The monoisotopic (exact) mass is 294 g/mol. The SMILES string of the molecule is COC(=O)c1cnc(CN)c(C(F)F)c1Br. The Morgan fingerprint density at radius 1 is 1.69 bits per heavy atom. The minimum atomic E-state index is -2.76. The predicted octanol–water partition coefficient (Wildman–Crippen LogP) is 2.03. The number of nitrogens with two attached hydrogens (primary N) is 1. The molecular weight excluding hydrogens is 286 g/mol. The van der Waals surface area contributed by atoms with Gasteiger partial charge in [-0.15, -0.1) is 0 Å². The molecule has 0 radical (unpaired) electrons. The summed E-state index contributed by atoms with van der Waals surface area (Å²) in [7, 11) is 1.16. The Kier molecular flexibility index (Phi) is 4.31. The van der Waals surface area contributed by atoms with Crippen LogP contribution in [0.3, 0.4) is 0 Å². The molecule has 16 heavy (non-hydrogen) atoms. The summed E-state index contributed by atoms with van der Waals surface area (Å²) in [5.74, 6) is -0.732. The van der Waals surface area contributed by atoms with Crippen molar-refractivity contribution in [3.05, 3.63) is 27.5 Å². The minimum Gasteiger partial charge on any atom is -0.465 e. The molecule has 0 aliphatic rings. The molecule has 0 bridgehead atoms. The second-order valence-corrected chi connectivity index (χ2v) is 3.64. The van der Waals surface area contributed by atoms with Crippen LogP contribution in [0.4, 0.5) is 8.78 Å². The maximum absolute atomic E-state index is 12.7. The number of pyridine rings is 1. The Hall–Kier alpha value is -1.08. The van der Waals surface area contributed by atoms with Crippen molar-refractivity contribution in [1.82, 2.24) is 4.98 Å². The molecule has 0 fully saturated rings. The van der Waals surface area contributed by atoms with E-state index < -0.39 is 12.4 Å². The van der Waals surface area contributed by atoms with E-state index in [1.54, 1.807) is 0 Å². The standard InChI is InChI=1S/C9H9BrF2N2O2/c1-16-9(15)4-3-14-5(2-13)6(7(4)10)8(11)12/h3,8H,2,13H2,1H3. The lowest BCUT2D eigenvalue weighted by molar-refractivity contribution is 0.0598. The van der Waals surface area contributed by atoms with E-state index in [1.165, 1.54) is 0 Å². The number of esters is 1. The van der Waals surface area contributed by atoms with Crippen LogP contribution in [-0.4, -0.2) is 18.1 Å². The first kappa shape index (κ1) is 13.0. The van der Waals surface area contributed by atoms with Gasteiger partial charge in [-0.05, 0) is 15.9 Å². The maximum atomic E-state index is 12.7. The van der Waals surface area contributed by atoms with Crippen molar-refractivity contribution in [2.24, 2.45) is 5.73 Å². The lowest BCUT2D eigenvalue weighted by Crippen LogP contribution is -2.11. The molecule has 0 spiro atoms. The first-order chi connectivity index (χ1) is 7.52. The summed E-state index contributed by atoms with van der Waals surface area (Å²) in [5, 5.41) is 0. The van der Waals surface area contributed by atoms with Gasteiger partial charge in [0.15, 0.2) is 0 Å². The van der Waals surface area contributed by atoms with Crippen LogP contribution < -0.4 is 5.73 Å². The molecule has 1 aromatic heterocycles. The molecule has 0 unspecified atom stereocenters. The second kappa shape index (κ2) is 5.31. The van der Waals surface area contributed by atoms with Gasteiger partial charge in [-0.2, -0.15) is 0 Å². The van der Waals surface area contributed by atoms with Gasteiger partial charge in [0.25, 0.3) is 6.43 Å². The van der Waals surface area contributed by atoms with E-state index in [0.717, 1.165) is 13.3 Å². The van der Waals surface area contributed by atoms with Crippen LogP contribution in [0.25, 0.3) is 0 Å². The molecule has 0 saturated heterocycles. The lowest BCUT2D eigenvalue weighted by Gasteiger charge is -2.11. The number of aromatic nitrogens is 1. The van der Waals surface area contributed by atoms with Crippen molar-refractivity contribution >= 4 is 21.9 Å². The number of carbonyl (C=O) groups excluding carboxylic acids is 1. The summed E-state index contributed by atoms with van der Waals surface area (Å²) in [6, 6.07) is 0.